The lowest BCUT2D eigenvalue weighted by Crippen LogP contribution is -2.21. The van der Waals surface area contributed by atoms with E-state index in [1.54, 1.807) is 6.08 Å². The summed E-state index contributed by atoms with van der Waals surface area (Å²) in [6, 6.07) is 15.6. The highest BCUT2D eigenvalue weighted by molar-refractivity contribution is 6.09. The first-order chi connectivity index (χ1) is 12.5. The van der Waals surface area contributed by atoms with Crippen molar-refractivity contribution in [1.29, 1.82) is 5.26 Å². The van der Waals surface area contributed by atoms with Gasteiger partial charge in [0.2, 0.25) is 0 Å². The van der Waals surface area contributed by atoms with Gasteiger partial charge in [-0.15, -0.1) is 0 Å². The summed E-state index contributed by atoms with van der Waals surface area (Å²) in [6.45, 7) is 10.1. The summed E-state index contributed by atoms with van der Waals surface area (Å²) >= 11 is 0. The van der Waals surface area contributed by atoms with Crippen LogP contribution in [-0.2, 0) is 4.79 Å². The molecule has 0 spiro atoms. The molecule has 2 rings (SSSR count). The van der Waals surface area contributed by atoms with Gasteiger partial charge in [-0.25, -0.2) is 0 Å². The number of nitriles is 1. The van der Waals surface area contributed by atoms with Gasteiger partial charge in [0, 0.05) is 24.5 Å². The van der Waals surface area contributed by atoms with Crippen LogP contribution in [0.15, 0.2) is 48.0 Å². The summed E-state index contributed by atoms with van der Waals surface area (Å²) in [5, 5.41) is 12.2. The lowest BCUT2D eigenvalue weighted by molar-refractivity contribution is -0.112. The molecule has 2 aromatic carbocycles. The van der Waals surface area contributed by atoms with Gasteiger partial charge in [-0.3, -0.25) is 4.79 Å². The first kappa shape index (κ1) is 19.3. The van der Waals surface area contributed by atoms with Crippen LogP contribution < -0.4 is 10.2 Å². The summed E-state index contributed by atoms with van der Waals surface area (Å²) < 4.78 is 0. The maximum atomic E-state index is 12.4. The third-order valence-electron chi connectivity index (χ3n) is 4.46. The molecule has 1 amide bonds. The number of rotatable bonds is 6. The van der Waals surface area contributed by atoms with E-state index in [1.807, 2.05) is 62.4 Å². The number of carbonyl (C=O) groups is 1. The van der Waals surface area contributed by atoms with Crippen LogP contribution in [0.3, 0.4) is 0 Å². The van der Waals surface area contributed by atoms with Crippen LogP contribution in [0.1, 0.15) is 30.5 Å². The molecule has 0 aliphatic carbocycles. The Morgan fingerprint density at radius 1 is 1.08 bits per heavy atom. The molecule has 0 fully saturated rings. The standard InChI is InChI=1S/C22H25N3O/c1-5-25(6-2)21-11-8-18(9-12-21)14-19(15-23)22(26)24-20-10-7-16(3)17(4)13-20/h7-14H,5-6H2,1-4H3,(H,24,26)/b19-14+. The molecule has 0 heterocycles. The monoisotopic (exact) mass is 347 g/mol. The Labute approximate surface area is 155 Å². The van der Waals surface area contributed by atoms with Crippen molar-refractivity contribution in [3.05, 3.63) is 64.7 Å². The smallest absolute Gasteiger partial charge is 0.266 e. The third-order valence-corrected chi connectivity index (χ3v) is 4.46. The largest absolute Gasteiger partial charge is 0.372 e. The molecule has 0 radical (unpaired) electrons. The molecule has 0 saturated carbocycles. The van der Waals surface area contributed by atoms with Crippen LogP contribution in [0.25, 0.3) is 6.08 Å². The van der Waals surface area contributed by atoms with E-state index in [0.717, 1.165) is 35.5 Å². The Morgan fingerprint density at radius 2 is 1.73 bits per heavy atom. The van der Waals surface area contributed by atoms with Gasteiger partial charge in [0.15, 0.2) is 0 Å². The summed E-state index contributed by atoms with van der Waals surface area (Å²) in [6.07, 6.45) is 1.61. The highest BCUT2D eigenvalue weighted by Crippen LogP contribution is 2.18. The van der Waals surface area contributed by atoms with Crippen molar-refractivity contribution in [2.24, 2.45) is 0 Å². The average Bonchev–Trinajstić information content (AvgIpc) is 2.64. The molecule has 0 saturated heterocycles. The zero-order valence-electron chi connectivity index (χ0n) is 15.8. The van der Waals surface area contributed by atoms with Crippen LogP contribution >= 0.6 is 0 Å². The normalized spacial score (nSPS) is 11.0. The Bertz CT molecular complexity index is 841. The predicted molar refractivity (Wildman–Crippen MR) is 108 cm³/mol. The first-order valence-electron chi connectivity index (χ1n) is 8.83. The minimum Gasteiger partial charge on any atom is -0.372 e. The Balaban J connectivity index is 2.17. The molecule has 4 heteroatoms. The molecule has 1 N–H and O–H groups in total. The van der Waals surface area contributed by atoms with Crippen LogP contribution in [0.5, 0.6) is 0 Å². The zero-order valence-corrected chi connectivity index (χ0v) is 15.8. The van der Waals surface area contributed by atoms with Crippen LogP contribution in [-0.4, -0.2) is 19.0 Å². The van der Waals surface area contributed by atoms with E-state index in [9.17, 15) is 10.1 Å². The van der Waals surface area contributed by atoms with Gasteiger partial charge in [0.1, 0.15) is 11.6 Å². The van der Waals surface area contributed by atoms with Crippen molar-refractivity contribution in [2.45, 2.75) is 27.7 Å². The van der Waals surface area contributed by atoms with E-state index >= 15 is 0 Å². The zero-order chi connectivity index (χ0) is 19.1. The number of nitrogens with one attached hydrogen (secondary N) is 1. The Morgan fingerprint density at radius 3 is 2.27 bits per heavy atom. The van der Waals surface area contributed by atoms with E-state index in [0.29, 0.717) is 5.69 Å². The minimum absolute atomic E-state index is 0.0822. The molecular weight excluding hydrogens is 322 g/mol. The van der Waals surface area contributed by atoms with Gasteiger partial charge in [-0.2, -0.15) is 5.26 Å². The predicted octanol–water partition coefficient (Wildman–Crippen LogP) is 4.70. The van der Waals surface area contributed by atoms with Gasteiger partial charge in [0.05, 0.1) is 0 Å². The average molecular weight is 347 g/mol. The van der Waals surface area contributed by atoms with Crippen molar-refractivity contribution in [3.63, 3.8) is 0 Å². The van der Waals surface area contributed by atoms with Crippen molar-refractivity contribution in [1.82, 2.24) is 0 Å². The molecular formula is C22H25N3O. The summed E-state index contributed by atoms with van der Waals surface area (Å²) in [7, 11) is 0. The second-order valence-electron chi connectivity index (χ2n) is 6.19. The van der Waals surface area contributed by atoms with Crippen molar-refractivity contribution in [2.75, 3.05) is 23.3 Å². The number of hydrogen-bond donors (Lipinski definition) is 1. The van der Waals surface area contributed by atoms with Crippen LogP contribution in [0.2, 0.25) is 0 Å². The number of amides is 1. The van der Waals surface area contributed by atoms with Crippen molar-refractivity contribution >= 4 is 23.4 Å². The SMILES string of the molecule is CCN(CC)c1ccc(/C=C(\C#N)C(=O)Nc2ccc(C)c(C)c2)cc1. The number of nitrogens with zero attached hydrogens (tertiary/aromatic N) is 2. The molecule has 2 aromatic rings. The first-order valence-corrected chi connectivity index (χ1v) is 8.83. The van der Waals surface area contributed by atoms with Gasteiger partial charge in [-0.1, -0.05) is 18.2 Å². The van der Waals surface area contributed by atoms with E-state index < -0.39 is 5.91 Å². The molecule has 0 bridgehead atoms. The number of aryl methyl sites for hydroxylation is 2. The van der Waals surface area contributed by atoms with Gasteiger partial charge < -0.3 is 10.2 Å². The van der Waals surface area contributed by atoms with Gasteiger partial charge in [0.25, 0.3) is 5.91 Å². The van der Waals surface area contributed by atoms with Crippen LogP contribution in [0, 0.1) is 25.2 Å². The summed E-state index contributed by atoms with van der Waals surface area (Å²) in [4.78, 5) is 14.6. The lowest BCUT2D eigenvalue weighted by Gasteiger charge is -2.20. The highest BCUT2D eigenvalue weighted by atomic mass is 16.1. The number of anilines is 2. The number of hydrogen-bond acceptors (Lipinski definition) is 3. The summed E-state index contributed by atoms with van der Waals surface area (Å²) in [5.41, 5.74) is 4.98. The number of benzene rings is 2. The van der Waals surface area contributed by atoms with E-state index in [4.69, 9.17) is 0 Å². The lowest BCUT2D eigenvalue weighted by atomic mass is 10.1. The van der Waals surface area contributed by atoms with E-state index in [2.05, 4.69) is 24.1 Å². The molecule has 0 unspecified atom stereocenters. The molecule has 4 nitrogen and oxygen atoms in total. The third kappa shape index (κ3) is 4.73. The van der Waals surface area contributed by atoms with Crippen molar-refractivity contribution < 1.29 is 4.79 Å². The van der Waals surface area contributed by atoms with E-state index in [-0.39, 0.29) is 5.57 Å². The van der Waals surface area contributed by atoms with E-state index in [1.165, 1.54) is 0 Å². The maximum absolute atomic E-state index is 12.4. The maximum Gasteiger partial charge on any atom is 0.266 e. The molecule has 0 aliphatic rings. The molecule has 0 atom stereocenters. The molecule has 26 heavy (non-hydrogen) atoms. The highest BCUT2D eigenvalue weighted by Gasteiger charge is 2.10. The molecule has 134 valence electrons. The van der Waals surface area contributed by atoms with Crippen molar-refractivity contribution in [3.8, 4) is 6.07 Å². The topological polar surface area (TPSA) is 56.1 Å². The molecule has 0 aromatic heterocycles. The van der Waals surface area contributed by atoms with Crippen LogP contribution in [0.4, 0.5) is 11.4 Å². The van der Waals surface area contributed by atoms with Gasteiger partial charge in [-0.05, 0) is 74.7 Å². The second-order valence-corrected chi connectivity index (χ2v) is 6.19. The fraction of sp³-hybridized carbons (Fsp3) is 0.273. The van der Waals surface area contributed by atoms with Gasteiger partial charge >= 0.3 is 0 Å². The summed E-state index contributed by atoms with van der Waals surface area (Å²) in [5.74, 6) is -0.399. The minimum atomic E-state index is -0.399. The fourth-order valence-electron chi connectivity index (χ4n) is 2.70. The second kappa shape index (κ2) is 8.87. The fourth-order valence-corrected chi connectivity index (χ4v) is 2.70. The molecule has 0 aliphatic heterocycles. The Kier molecular flexibility index (Phi) is 6.57. The Hall–Kier alpha value is -3.06. The number of carbonyl (C=O) groups excluding carboxylic acids is 1. The quantitative estimate of drug-likeness (QED) is 0.609.